The number of aromatic hydroxyl groups is 2. The lowest BCUT2D eigenvalue weighted by molar-refractivity contribution is 0.274. The average molecular weight is 389 g/mol. The molecule has 0 unspecified atom stereocenters. The lowest BCUT2D eigenvalue weighted by Crippen LogP contribution is -2.09. The zero-order valence-corrected chi connectivity index (χ0v) is 15.3. The molecule has 0 aliphatic heterocycles. The van der Waals surface area contributed by atoms with E-state index in [0.717, 1.165) is 11.8 Å². The molecule has 0 spiro atoms. The molecule has 0 aliphatic rings. The monoisotopic (exact) mass is 389 g/mol. The first-order valence-corrected chi connectivity index (χ1v) is 9.95. The highest BCUT2D eigenvalue weighted by Crippen LogP contribution is 2.24. The Bertz CT molecular complexity index is 1010. The third kappa shape index (κ3) is 4.91. The van der Waals surface area contributed by atoms with Gasteiger partial charge in [0.25, 0.3) is 0 Å². The van der Waals surface area contributed by atoms with Gasteiger partial charge < -0.3 is 14.9 Å². The Balaban J connectivity index is 1.64. The summed E-state index contributed by atoms with van der Waals surface area (Å²) >= 11 is 0. The number of hydrogen-bond acceptors (Lipinski definition) is 6. The van der Waals surface area contributed by atoms with E-state index in [0.29, 0.717) is 17.1 Å². The molecular formula is C18H19N3O5S. The fourth-order valence-corrected chi connectivity index (χ4v) is 3.08. The molecule has 0 amide bonds. The first-order valence-electron chi connectivity index (χ1n) is 8.06. The summed E-state index contributed by atoms with van der Waals surface area (Å²) in [5, 5.41) is 19.2. The fraction of sp³-hybridized carbons (Fsp3) is 0.167. The number of nitrogens with one attached hydrogen (secondary N) is 1. The van der Waals surface area contributed by atoms with Gasteiger partial charge in [0.2, 0.25) is 10.0 Å². The minimum absolute atomic E-state index is 0.0350. The molecule has 0 fully saturated rings. The summed E-state index contributed by atoms with van der Waals surface area (Å²) in [5.41, 5.74) is 1.89. The van der Waals surface area contributed by atoms with Crippen molar-refractivity contribution in [1.82, 2.24) is 9.55 Å². The largest absolute Gasteiger partial charge is 0.494 e. The molecule has 8 nitrogen and oxygen atoms in total. The zero-order valence-electron chi connectivity index (χ0n) is 14.5. The molecule has 27 heavy (non-hydrogen) atoms. The Labute approximate surface area is 156 Å². The maximum absolute atomic E-state index is 11.3. The van der Waals surface area contributed by atoms with E-state index >= 15 is 0 Å². The average Bonchev–Trinajstić information content (AvgIpc) is 2.93. The molecule has 0 saturated heterocycles. The molecular weight excluding hydrogens is 370 g/mol. The van der Waals surface area contributed by atoms with Crippen molar-refractivity contribution in [2.24, 2.45) is 0 Å². The van der Waals surface area contributed by atoms with Crippen LogP contribution >= 0.6 is 0 Å². The number of pyridine rings is 1. The van der Waals surface area contributed by atoms with Gasteiger partial charge in [0.1, 0.15) is 12.4 Å². The molecule has 2 heterocycles. The van der Waals surface area contributed by atoms with Gasteiger partial charge in [-0.3, -0.25) is 14.3 Å². The fourth-order valence-electron chi connectivity index (χ4n) is 2.52. The van der Waals surface area contributed by atoms with E-state index in [1.807, 2.05) is 6.07 Å². The molecule has 1 aromatic carbocycles. The summed E-state index contributed by atoms with van der Waals surface area (Å²) in [5.74, 6) is 0.467. The molecule has 0 saturated carbocycles. The van der Waals surface area contributed by atoms with Crippen molar-refractivity contribution >= 4 is 15.7 Å². The van der Waals surface area contributed by atoms with Gasteiger partial charge in [0, 0.05) is 23.4 Å². The van der Waals surface area contributed by atoms with Gasteiger partial charge in [0.15, 0.2) is 11.8 Å². The lowest BCUT2D eigenvalue weighted by Gasteiger charge is -2.10. The molecule has 142 valence electrons. The number of sulfonamides is 1. The number of benzene rings is 1. The van der Waals surface area contributed by atoms with Crippen molar-refractivity contribution in [2.45, 2.75) is 6.54 Å². The quantitative estimate of drug-likeness (QED) is 0.572. The molecule has 3 aromatic rings. The molecule has 2 aromatic heterocycles. The van der Waals surface area contributed by atoms with Gasteiger partial charge in [-0.2, -0.15) is 0 Å². The summed E-state index contributed by atoms with van der Waals surface area (Å²) in [6, 6.07) is 13.2. The Hall–Kier alpha value is -3.20. The molecule has 0 bridgehead atoms. The maximum Gasteiger partial charge on any atom is 0.229 e. The third-order valence-electron chi connectivity index (χ3n) is 3.72. The van der Waals surface area contributed by atoms with Crippen LogP contribution in [-0.2, 0) is 16.6 Å². The van der Waals surface area contributed by atoms with E-state index in [4.69, 9.17) is 4.74 Å². The van der Waals surface area contributed by atoms with Crippen molar-refractivity contribution in [3.05, 3.63) is 54.7 Å². The lowest BCUT2D eigenvalue weighted by atomic mass is 10.1. The Morgan fingerprint density at radius 2 is 1.85 bits per heavy atom. The zero-order chi connectivity index (χ0) is 19.4. The molecule has 3 rings (SSSR count). The minimum atomic E-state index is -3.35. The number of anilines is 1. The molecule has 0 atom stereocenters. The first-order chi connectivity index (χ1) is 12.8. The Morgan fingerprint density at radius 3 is 2.48 bits per heavy atom. The van der Waals surface area contributed by atoms with Crippen LogP contribution in [0.2, 0.25) is 0 Å². The highest BCUT2D eigenvalue weighted by Gasteiger charge is 2.07. The number of nitrogens with zero attached hydrogens (tertiary/aromatic N) is 2. The van der Waals surface area contributed by atoms with E-state index in [2.05, 4.69) is 9.71 Å². The third-order valence-corrected chi connectivity index (χ3v) is 4.32. The van der Waals surface area contributed by atoms with Crippen LogP contribution in [-0.4, -0.2) is 41.0 Å². The SMILES string of the molecule is CS(=O)(=O)Nc1cccc(-c2ccc(OCCn3c(O)ccc3O)cn2)c1. The number of aromatic nitrogens is 2. The van der Waals surface area contributed by atoms with Gasteiger partial charge in [-0.25, -0.2) is 8.42 Å². The molecule has 0 radical (unpaired) electrons. The number of hydrogen-bond donors (Lipinski definition) is 3. The second kappa shape index (κ2) is 7.58. The Morgan fingerprint density at radius 1 is 1.11 bits per heavy atom. The number of rotatable bonds is 7. The smallest absolute Gasteiger partial charge is 0.229 e. The topological polar surface area (TPSA) is 114 Å². The van der Waals surface area contributed by atoms with E-state index in [1.165, 1.54) is 16.7 Å². The van der Waals surface area contributed by atoms with Crippen molar-refractivity contribution < 1.29 is 23.4 Å². The van der Waals surface area contributed by atoms with E-state index in [1.54, 1.807) is 36.5 Å². The van der Waals surface area contributed by atoms with Crippen LogP contribution in [0.5, 0.6) is 17.5 Å². The van der Waals surface area contributed by atoms with Gasteiger partial charge in [-0.05, 0) is 24.3 Å². The van der Waals surface area contributed by atoms with Crippen LogP contribution in [0, 0.1) is 0 Å². The molecule has 9 heteroatoms. The summed E-state index contributed by atoms with van der Waals surface area (Å²) in [6.45, 7) is 0.524. The highest BCUT2D eigenvalue weighted by atomic mass is 32.2. The van der Waals surface area contributed by atoms with Gasteiger partial charge in [-0.1, -0.05) is 12.1 Å². The van der Waals surface area contributed by atoms with E-state index in [-0.39, 0.29) is 24.9 Å². The summed E-state index contributed by atoms with van der Waals surface area (Å²) < 4.78 is 32.0. The van der Waals surface area contributed by atoms with Crippen LogP contribution in [0.3, 0.4) is 0 Å². The van der Waals surface area contributed by atoms with Crippen molar-refractivity contribution in [1.29, 1.82) is 0 Å². The highest BCUT2D eigenvalue weighted by molar-refractivity contribution is 7.92. The normalized spacial score (nSPS) is 11.3. The van der Waals surface area contributed by atoms with Crippen LogP contribution < -0.4 is 9.46 Å². The predicted molar refractivity (Wildman–Crippen MR) is 101 cm³/mol. The van der Waals surface area contributed by atoms with Crippen molar-refractivity contribution in [3.63, 3.8) is 0 Å². The standard InChI is InChI=1S/C18H19N3O5S/c1-27(24,25)20-14-4-2-3-13(11-14)16-6-5-15(12-19-16)26-10-9-21-17(22)7-8-18(21)23/h2-8,11-12,20,22-23H,9-10H2,1H3. The van der Waals surface area contributed by atoms with E-state index < -0.39 is 10.0 Å². The second-order valence-electron chi connectivity index (χ2n) is 5.88. The maximum atomic E-state index is 11.3. The van der Waals surface area contributed by atoms with Gasteiger partial charge >= 0.3 is 0 Å². The first kappa shape index (κ1) is 18.6. The summed E-state index contributed by atoms with van der Waals surface area (Å²) in [4.78, 5) is 4.33. The summed E-state index contributed by atoms with van der Waals surface area (Å²) in [7, 11) is -3.35. The van der Waals surface area contributed by atoms with Crippen LogP contribution in [0.4, 0.5) is 5.69 Å². The minimum Gasteiger partial charge on any atom is -0.494 e. The Kier molecular flexibility index (Phi) is 5.22. The van der Waals surface area contributed by atoms with Crippen LogP contribution in [0.15, 0.2) is 54.7 Å². The number of ether oxygens (including phenoxy) is 1. The van der Waals surface area contributed by atoms with Gasteiger partial charge in [-0.15, -0.1) is 0 Å². The van der Waals surface area contributed by atoms with E-state index in [9.17, 15) is 18.6 Å². The van der Waals surface area contributed by atoms with Crippen molar-refractivity contribution in [2.75, 3.05) is 17.6 Å². The predicted octanol–water partition coefficient (Wildman–Crippen LogP) is 2.41. The van der Waals surface area contributed by atoms with Gasteiger partial charge in [0.05, 0.1) is 24.7 Å². The summed E-state index contributed by atoms with van der Waals surface area (Å²) in [6.07, 6.45) is 2.65. The van der Waals surface area contributed by atoms with Crippen LogP contribution in [0.25, 0.3) is 11.3 Å². The van der Waals surface area contributed by atoms with Crippen LogP contribution in [0.1, 0.15) is 0 Å². The molecule has 0 aliphatic carbocycles. The molecule has 3 N–H and O–H groups in total. The van der Waals surface area contributed by atoms with Crippen molar-refractivity contribution in [3.8, 4) is 28.8 Å². The second-order valence-corrected chi connectivity index (χ2v) is 7.63.